The Morgan fingerprint density at radius 1 is 1.13 bits per heavy atom. The van der Waals surface area contributed by atoms with E-state index in [4.69, 9.17) is 25.8 Å². The minimum Gasteiger partial charge on any atom is -0.480 e. The minimum absolute atomic E-state index is 0.0218. The quantitative estimate of drug-likeness (QED) is 0.285. The second-order valence-electron chi connectivity index (χ2n) is 13.3. The molecule has 3 aliphatic rings. The van der Waals surface area contributed by atoms with Gasteiger partial charge in [0, 0.05) is 42.8 Å². The van der Waals surface area contributed by atoms with Gasteiger partial charge < -0.3 is 29.5 Å². The molecule has 2 N–H and O–H groups in total. The number of amides is 2. The van der Waals surface area contributed by atoms with E-state index in [0.717, 1.165) is 5.56 Å². The number of nitrogens with zero attached hydrogens (tertiary/aromatic N) is 1. The maximum Gasteiger partial charge on any atom is 0.410 e. The molecule has 8 nitrogen and oxygen atoms in total. The van der Waals surface area contributed by atoms with Crippen molar-refractivity contribution in [1.29, 1.82) is 0 Å². The van der Waals surface area contributed by atoms with E-state index in [1.165, 1.54) is 13.1 Å². The predicted molar refractivity (Wildman–Crippen MR) is 173 cm³/mol. The Morgan fingerprint density at radius 2 is 1.87 bits per heavy atom. The molecule has 2 aliphatic heterocycles. The van der Waals surface area contributed by atoms with E-state index in [1.54, 1.807) is 31.7 Å². The topological polar surface area (TPSA) is 97.3 Å². The van der Waals surface area contributed by atoms with E-state index in [-0.39, 0.29) is 47.1 Å². The lowest BCUT2D eigenvalue weighted by atomic mass is 9.79. The summed E-state index contributed by atoms with van der Waals surface area (Å²) in [6.45, 7) is 5.71. The van der Waals surface area contributed by atoms with E-state index in [1.807, 2.05) is 30.3 Å². The van der Waals surface area contributed by atoms with Crippen LogP contribution in [0.4, 0.5) is 13.6 Å². The first-order valence-corrected chi connectivity index (χ1v) is 16.3. The monoisotopic (exact) mass is 668 g/mol. The third-order valence-corrected chi connectivity index (χ3v) is 9.61. The smallest absolute Gasteiger partial charge is 0.410 e. The molecule has 2 heterocycles. The molecule has 250 valence electrons. The summed E-state index contributed by atoms with van der Waals surface area (Å²) in [5.41, 5.74) is 0.0426. The summed E-state index contributed by atoms with van der Waals surface area (Å²) in [6.07, 6.45) is 1.19. The third kappa shape index (κ3) is 5.85. The van der Waals surface area contributed by atoms with Gasteiger partial charge in [0.25, 0.3) is 5.91 Å². The highest BCUT2D eigenvalue weighted by Gasteiger charge is 2.54. The van der Waals surface area contributed by atoms with Crippen molar-refractivity contribution in [2.45, 2.75) is 76.2 Å². The van der Waals surface area contributed by atoms with Crippen LogP contribution in [0.2, 0.25) is 5.02 Å². The largest absolute Gasteiger partial charge is 0.480 e. The van der Waals surface area contributed by atoms with Gasteiger partial charge in [-0.05, 0) is 69.2 Å². The molecule has 3 aromatic carbocycles. The van der Waals surface area contributed by atoms with E-state index >= 15 is 8.78 Å². The van der Waals surface area contributed by atoms with Crippen molar-refractivity contribution in [3.8, 4) is 16.9 Å². The Bertz CT molecular complexity index is 1710. The second kappa shape index (κ2) is 12.7. The van der Waals surface area contributed by atoms with Crippen LogP contribution in [-0.2, 0) is 27.9 Å². The number of carbonyl (C=O) groups excluding carboxylic acids is 2. The number of rotatable bonds is 7. The van der Waals surface area contributed by atoms with Crippen LogP contribution in [-0.4, -0.2) is 60.5 Å². The van der Waals surface area contributed by atoms with Gasteiger partial charge in [0.05, 0.1) is 35.9 Å². The molecule has 1 fully saturated rings. The number of ether oxygens (including phenoxy) is 3. The first-order valence-electron chi connectivity index (χ1n) is 16.0. The Hall–Kier alpha value is -3.73. The molecule has 0 aromatic heterocycles. The van der Waals surface area contributed by atoms with Crippen LogP contribution in [0, 0.1) is 11.6 Å². The Balaban J connectivity index is 1.54. The van der Waals surface area contributed by atoms with Crippen molar-refractivity contribution in [3.05, 3.63) is 86.9 Å². The lowest BCUT2D eigenvalue weighted by Crippen LogP contribution is -2.53. The first-order chi connectivity index (χ1) is 22.4. The third-order valence-electron chi connectivity index (χ3n) is 9.24. The number of hydrogen-bond donors (Lipinski definition) is 2. The number of halogens is 3. The minimum atomic E-state index is -1.19. The number of benzene rings is 3. The van der Waals surface area contributed by atoms with E-state index < -0.39 is 47.0 Å². The maximum atomic E-state index is 16.9. The van der Waals surface area contributed by atoms with Gasteiger partial charge in [0.15, 0.2) is 5.60 Å². The summed E-state index contributed by atoms with van der Waals surface area (Å²) in [6, 6.07) is 11.7. The van der Waals surface area contributed by atoms with Gasteiger partial charge in [-0.15, -0.1) is 0 Å². The molecule has 0 radical (unpaired) electrons. The second-order valence-corrected chi connectivity index (χ2v) is 13.6. The van der Waals surface area contributed by atoms with Crippen LogP contribution in [0.25, 0.3) is 11.1 Å². The van der Waals surface area contributed by atoms with E-state index in [0.29, 0.717) is 48.9 Å². The molecule has 2 amide bonds. The molecule has 3 atom stereocenters. The van der Waals surface area contributed by atoms with Crippen LogP contribution in [0.5, 0.6) is 5.75 Å². The summed E-state index contributed by atoms with van der Waals surface area (Å²) in [4.78, 5) is 28.6. The molecular formula is C36H39ClF2N2O6. The number of aliphatic hydroxyl groups excluding tert-OH is 1. The Morgan fingerprint density at radius 3 is 2.55 bits per heavy atom. The highest BCUT2D eigenvalue weighted by molar-refractivity contribution is 6.34. The zero-order valence-corrected chi connectivity index (χ0v) is 27.7. The molecular weight excluding hydrogens is 630 g/mol. The van der Waals surface area contributed by atoms with Gasteiger partial charge in [-0.3, -0.25) is 4.79 Å². The van der Waals surface area contributed by atoms with Gasteiger partial charge in [-0.2, -0.15) is 0 Å². The number of nitrogens with one attached hydrogen (secondary N) is 1. The summed E-state index contributed by atoms with van der Waals surface area (Å²) >= 11 is 6.74. The lowest BCUT2D eigenvalue weighted by Gasteiger charge is -2.40. The number of likely N-dealkylation sites (tertiary alicyclic amines) is 1. The number of aliphatic hydroxyl groups is 1. The van der Waals surface area contributed by atoms with Crippen LogP contribution in [0.15, 0.2) is 42.5 Å². The van der Waals surface area contributed by atoms with Gasteiger partial charge in [-0.25, -0.2) is 13.6 Å². The fraction of sp³-hybridized carbons (Fsp3) is 0.444. The SMILES string of the molecule is CNC(=O)c1cc2c(c(F)c1-c1c(Cl)c(F)cc3c1C[C@](c1ccccc1)([C@@H]1CCCN1C(=O)OC(C)(C)C)O3)CCC2OCCO. The van der Waals surface area contributed by atoms with Crippen LogP contribution in [0.1, 0.15) is 78.7 Å². The molecule has 1 saturated heterocycles. The molecule has 3 aromatic rings. The normalized spacial score (nSPS) is 21.7. The standard InChI is InChI=1S/C36H39ClF2N2O6/c1-35(2,3)47-34(44)41-14-8-11-28(41)36(20-9-6-5-7-10-20)19-24-27(46-36)18-25(38)31(37)29(24)30-23(33(43)40-4)17-22-21(32(30)39)12-13-26(22)45-16-15-42/h5-7,9-10,17-18,26,28,42H,8,11-16,19H2,1-4H3,(H,40,43)/t26?,28-,36-/m0/s1. The Kier molecular flexibility index (Phi) is 8.97. The number of hydrogen-bond acceptors (Lipinski definition) is 6. The number of fused-ring (bicyclic) bond motifs is 2. The van der Waals surface area contributed by atoms with Gasteiger partial charge in [0.2, 0.25) is 0 Å². The predicted octanol–water partition coefficient (Wildman–Crippen LogP) is 6.87. The molecule has 6 rings (SSSR count). The van der Waals surface area contributed by atoms with Gasteiger partial charge >= 0.3 is 6.09 Å². The molecule has 47 heavy (non-hydrogen) atoms. The van der Waals surface area contributed by atoms with Crippen LogP contribution >= 0.6 is 11.6 Å². The average molecular weight is 669 g/mol. The van der Waals surface area contributed by atoms with Crippen LogP contribution in [0.3, 0.4) is 0 Å². The summed E-state index contributed by atoms with van der Waals surface area (Å²) in [5.74, 6) is -1.93. The molecule has 11 heteroatoms. The molecule has 0 bridgehead atoms. The average Bonchev–Trinajstić information content (AvgIpc) is 3.78. The summed E-state index contributed by atoms with van der Waals surface area (Å²) < 4.78 is 51.0. The zero-order valence-electron chi connectivity index (χ0n) is 26.9. The fourth-order valence-electron chi connectivity index (χ4n) is 7.32. The van der Waals surface area contributed by atoms with Crippen molar-refractivity contribution in [3.63, 3.8) is 0 Å². The highest BCUT2D eigenvalue weighted by Crippen LogP contribution is 2.54. The van der Waals surface area contributed by atoms with Crippen molar-refractivity contribution >= 4 is 23.6 Å². The molecule has 1 unspecified atom stereocenters. The summed E-state index contributed by atoms with van der Waals surface area (Å²) in [5, 5.41) is 11.5. The van der Waals surface area contributed by atoms with Crippen molar-refractivity contribution in [2.75, 3.05) is 26.8 Å². The molecule has 1 aliphatic carbocycles. The molecule has 0 saturated carbocycles. The van der Waals surface area contributed by atoms with Gasteiger partial charge in [-0.1, -0.05) is 41.9 Å². The highest BCUT2D eigenvalue weighted by atomic mass is 35.5. The van der Waals surface area contributed by atoms with Crippen LogP contribution < -0.4 is 10.1 Å². The zero-order chi connectivity index (χ0) is 33.7. The van der Waals surface area contributed by atoms with Crippen molar-refractivity contribution < 1.29 is 37.7 Å². The van der Waals surface area contributed by atoms with Crippen molar-refractivity contribution in [2.24, 2.45) is 0 Å². The fourth-order valence-corrected chi connectivity index (χ4v) is 7.59. The van der Waals surface area contributed by atoms with E-state index in [9.17, 15) is 14.7 Å². The van der Waals surface area contributed by atoms with E-state index in [2.05, 4.69) is 5.32 Å². The summed E-state index contributed by atoms with van der Waals surface area (Å²) in [7, 11) is 1.43. The molecule has 0 spiro atoms. The van der Waals surface area contributed by atoms with Crippen molar-refractivity contribution in [1.82, 2.24) is 10.2 Å². The number of carbonyl (C=O) groups is 2. The van der Waals surface area contributed by atoms with Gasteiger partial charge in [0.1, 0.15) is 23.0 Å². The maximum absolute atomic E-state index is 16.9. The first kappa shape index (κ1) is 33.2. The lowest BCUT2D eigenvalue weighted by molar-refractivity contribution is -0.0216. The Labute approximate surface area is 277 Å².